The van der Waals surface area contributed by atoms with Crippen molar-refractivity contribution in [1.82, 2.24) is 9.88 Å². The quantitative estimate of drug-likeness (QED) is 0.512. The highest BCUT2D eigenvalue weighted by molar-refractivity contribution is 5.96. The molecule has 180 valence electrons. The maximum absolute atomic E-state index is 12.6. The van der Waals surface area contributed by atoms with Crippen LogP contribution in [0.25, 0.3) is 11.5 Å². The highest BCUT2D eigenvalue weighted by Crippen LogP contribution is 2.28. The lowest BCUT2D eigenvalue weighted by atomic mass is 9.93. The molecule has 0 fully saturated rings. The molecule has 2 heterocycles. The third-order valence-electron chi connectivity index (χ3n) is 5.95. The van der Waals surface area contributed by atoms with E-state index in [-0.39, 0.29) is 13.0 Å². The molecule has 0 saturated carbocycles. The number of ether oxygens (including phenoxy) is 1. The van der Waals surface area contributed by atoms with E-state index in [0.29, 0.717) is 31.1 Å². The van der Waals surface area contributed by atoms with E-state index in [1.165, 1.54) is 4.90 Å². The van der Waals surface area contributed by atoms with Crippen LogP contribution in [0.2, 0.25) is 0 Å². The van der Waals surface area contributed by atoms with E-state index in [0.717, 1.165) is 34.6 Å². The number of benzene rings is 2. The Labute approximate surface area is 204 Å². The van der Waals surface area contributed by atoms with Crippen molar-refractivity contribution in [2.45, 2.75) is 52.1 Å². The van der Waals surface area contributed by atoms with Crippen LogP contribution in [0.4, 0.5) is 0 Å². The molecule has 0 radical (unpaired) electrons. The number of carboxylic acids is 1. The Morgan fingerprint density at radius 2 is 2.00 bits per heavy atom. The number of fused-ring (bicyclic) bond motifs is 1. The zero-order valence-corrected chi connectivity index (χ0v) is 19.9. The van der Waals surface area contributed by atoms with Crippen LogP contribution in [0, 0.1) is 18.8 Å². The molecule has 7 heteroatoms. The molecule has 1 atom stereocenters. The van der Waals surface area contributed by atoms with Gasteiger partial charge in [0.2, 0.25) is 5.89 Å². The summed E-state index contributed by atoms with van der Waals surface area (Å²) in [4.78, 5) is 30.3. The Kier molecular flexibility index (Phi) is 7.51. The fourth-order valence-electron chi connectivity index (χ4n) is 4.05. The predicted molar refractivity (Wildman–Crippen MR) is 131 cm³/mol. The maximum Gasteiger partial charge on any atom is 0.326 e. The van der Waals surface area contributed by atoms with Crippen molar-refractivity contribution in [1.29, 1.82) is 0 Å². The van der Waals surface area contributed by atoms with Crippen LogP contribution in [0.1, 0.15) is 42.3 Å². The Hall–Kier alpha value is -4.05. The van der Waals surface area contributed by atoms with Gasteiger partial charge in [0.25, 0.3) is 5.91 Å². The summed E-state index contributed by atoms with van der Waals surface area (Å²) in [7, 11) is 0. The molecular weight excluding hydrogens is 444 g/mol. The SMILES string of the molecule is CCCC#CC(=O)N1Cc2cc(OCCc3nc(-c4ccccc4)oc3C)ccc2C[C@H]1C(=O)O. The number of aryl methyl sites for hydroxylation is 1. The fourth-order valence-corrected chi connectivity index (χ4v) is 4.05. The Balaban J connectivity index is 1.42. The van der Waals surface area contributed by atoms with Crippen LogP contribution in [0.3, 0.4) is 0 Å². The number of aliphatic carboxylic acids is 1. The second-order valence-corrected chi connectivity index (χ2v) is 8.46. The van der Waals surface area contributed by atoms with Gasteiger partial charge >= 0.3 is 5.97 Å². The summed E-state index contributed by atoms with van der Waals surface area (Å²) in [6, 6.07) is 14.4. The molecule has 1 N–H and O–H groups in total. The molecule has 4 rings (SSSR count). The average molecular weight is 473 g/mol. The van der Waals surface area contributed by atoms with Gasteiger partial charge in [-0.15, -0.1) is 0 Å². The highest BCUT2D eigenvalue weighted by atomic mass is 16.5. The number of unbranched alkanes of at least 4 members (excludes halogenated alkanes) is 1. The highest BCUT2D eigenvalue weighted by Gasteiger charge is 2.34. The van der Waals surface area contributed by atoms with Gasteiger partial charge in [-0.3, -0.25) is 4.79 Å². The normalized spacial score (nSPS) is 14.6. The van der Waals surface area contributed by atoms with E-state index in [1.54, 1.807) is 0 Å². The predicted octanol–water partition coefficient (Wildman–Crippen LogP) is 4.41. The standard InChI is InChI=1S/C28H28N2O5/c1-3-4-6-11-26(31)30-18-22-16-23(13-12-21(22)17-25(30)28(32)33)34-15-14-24-19(2)35-27(29-24)20-9-7-5-8-10-20/h5,7-10,12-13,16,25H,3-4,14-15,17-18H2,1-2H3,(H,32,33)/t25-/m0/s1. The summed E-state index contributed by atoms with van der Waals surface area (Å²) in [6.45, 7) is 4.46. The average Bonchev–Trinajstić information content (AvgIpc) is 3.24. The Bertz CT molecular complexity index is 1270. The van der Waals surface area contributed by atoms with Crippen molar-refractivity contribution in [3.63, 3.8) is 0 Å². The van der Waals surface area contributed by atoms with Crippen LogP contribution in [-0.4, -0.2) is 39.5 Å². The smallest absolute Gasteiger partial charge is 0.326 e. The molecular formula is C28H28N2O5. The van der Waals surface area contributed by atoms with Crippen molar-refractivity contribution in [2.75, 3.05) is 6.61 Å². The number of aromatic nitrogens is 1. The molecule has 35 heavy (non-hydrogen) atoms. The molecule has 0 spiro atoms. The van der Waals surface area contributed by atoms with Gasteiger partial charge in [0.1, 0.15) is 17.6 Å². The van der Waals surface area contributed by atoms with E-state index in [2.05, 4.69) is 16.8 Å². The number of rotatable bonds is 7. The summed E-state index contributed by atoms with van der Waals surface area (Å²) in [5.41, 5.74) is 3.54. The number of carbonyl (C=O) groups is 2. The third-order valence-corrected chi connectivity index (χ3v) is 5.95. The minimum absolute atomic E-state index is 0.186. The monoisotopic (exact) mass is 472 g/mol. The minimum atomic E-state index is -1.03. The van der Waals surface area contributed by atoms with Crippen molar-refractivity contribution in [3.8, 4) is 29.0 Å². The van der Waals surface area contributed by atoms with Gasteiger partial charge < -0.3 is 19.2 Å². The number of hydrogen-bond donors (Lipinski definition) is 1. The van der Waals surface area contributed by atoms with Gasteiger partial charge in [0.15, 0.2) is 0 Å². The fraction of sp³-hybridized carbons (Fsp3) is 0.321. The molecule has 1 aromatic heterocycles. The van der Waals surface area contributed by atoms with Crippen LogP contribution in [0.15, 0.2) is 52.9 Å². The Morgan fingerprint density at radius 3 is 2.74 bits per heavy atom. The molecule has 0 unspecified atom stereocenters. The number of carbonyl (C=O) groups excluding carboxylic acids is 1. The summed E-state index contributed by atoms with van der Waals surface area (Å²) < 4.78 is 11.8. The van der Waals surface area contributed by atoms with Crippen LogP contribution in [-0.2, 0) is 29.0 Å². The van der Waals surface area contributed by atoms with Gasteiger partial charge in [-0.25, -0.2) is 9.78 Å². The maximum atomic E-state index is 12.6. The second kappa shape index (κ2) is 10.9. The van der Waals surface area contributed by atoms with Gasteiger partial charge in [-0.2, -0.15) is 0 Å². The van der Waals surface area contributed by atoms with Crippen molar-refractivity contribution >= 4 is 11.9 Å². The molecule has 0 saturated heterocycles. The minimum Gasteiger partial charge on any atom is -0.493 e. The van der Waals surface area contributed by atoms with Gasteiger partial charge in [-0.1, -0.05) is 37.1 Å². The number of nitrogens with zero attached hydrogens (tertiary/aromatic N) is 2. The van der Waals surface area contributed by atoms with Crippen LogP contribution < -0.4 is 4.74 Å². The summed E-state index contributed by atoms with van der Waals surface area (Å²) in [6.07, 6.45) is 2.27. The lowest BCUT2D eigenvalue weighted by Crippen LogP contribution is -2.48. The van der Waals surface area contributed by atoms with Crippen LogP contribution in [0.5, 0.6) is 5.75 Å². The third kappa shape index (κ3) is 5.72. The summed E-state index contributed by atoms with van der Waals surface area (Å²) in [5, 5.41) is 9.65. The Morgan fingerprint density at radius 1 is 1.20 bits per heavy atom. The number of oxazole rings is 1. The zero-order chi connectivity index (χ0) is 24.8. The molecule has 7 nitrogen and oxygen atoms in total. The molecule has 3 aromatic rings. The zero-order valence-electron chi connectivity index (χ0n) is 19.9. The van der Waals surface area contributed by atoms with Crippen molar-refractivity contribution in [2.24, 2.45) is 0 Å². The van der Waals surface area contributed by atoms with Gasteiger partial charge in [0.05, 0.1) is 12.3 Å². The largest absolute Gasteiger partial charge is 0.493 e. The first-order chi connectivity index (χ1) is 17.0. The molecule has 1 aliphatic heterocycles. The van der Waals surface area contributed by atoms with Gasteiger partial charge in [-0.05, 0) is 54.7 Å². The first-order valence-corrected chi connectivity index (χ1v) is 11.7. The lowest BCUT2D eigenvalue weighted by molar-refractivity contribution is -0.149. The molecule has 0 aliphatic carbocycles. The second-order valence-electron chi connectivity index (χ2n) is 8.46. The summed E-state index contributed by atoms with van der Waals surface area (Å²) >= 11 is 0. The van der Waals surface area contributed by atoms with E-state index in [4.69, 9.17) is 9.15 Å². The van der Waals surface area contributed by atoms with E-state index in [1.807, 2.05) is 62.4 Å². The van der Waals surface area contributed by atoms with E-state index in [9.17, 15) is 14.7 Å². The molecule has 1 amide bonds. The molecule has 1 aliphatic rings. The van der Waals surface area contributed by atoms with Crippen molar-refractivity contribution < 1.29 is 23.8 Å². The summed E-state index contributed by atoms with van der Waals surface area (Å²) in [5.74, 6) is 5.92. The van der Waals surface area contributed by atoms with Crippen molar-refractivity contribution in [3.05, 3.63) is 71.1 Å². The van der Waals surface area contributed by atoms with Crippen LogP contribution >= 0.6 is 0 Å². The van der Waals surface area contributed by atoms with E-state index < -0.39 is 17.9 Å². The number of hydrogen-bond acceptors (Lipinski definition) is 5. The first-order valence-electron chi connectivity index (χ1n) is 11.7. The molecule has 2 aromatic carbocycles. The first kappa shape index (κ1) is 24.1. The molecule has 0 bridgehead atoms. The number of carboxylic acid groups (broad SMARTS) is 1. The van der Waals surface area contributed by atoms with Gasteiger partial charge in [0, 0.05) is 31.4 Å². The number of amides is 1. The van der Waals surface area contributed by atoms with E-state index >= 15 is 0 Å². The lowest BCUT2D eigenvalue weighted by Gasteiger charge is -2.33. The topological polar surface area (TPSA) is 92.9 Å².